The number of halogens is 1. The summed E-state index contributed by atoms with van der Waals surface area (Å²) < 4.78 is 14.0. The van der Waals surface area contributed by atoms with Crippen LogP contribution in [0.25, 0.3) is 0 Å². The summed E-state index contributed by atoms with van der Waals surface area (Å²) in [4.78, 5) is 20.7. The smallest absolute Gasteiger partial charge is 0.252 e. The molecule has 27 heavy (non-hydrogen) atoms. The van der Waals surface area contributed by atoms with Crippen molar-refractivity contribution in [3.05, 3.63) is 59.5 Å². The minimum atomic E-state index is -0.441. The van der Waals surface area contributed by atoms with E-state index in [4.69, 9.17) is 5.73 Å². The maximum absolute atomic E-state index is 14.0. The van der Waals surface area contributed by atoms with Gasteiger partial charge in [-0.1, -0.05) is 18.2 Å². The molecule has 2 aliphatic rings. The molecule has 2 N–H and O–H groups in total. The third-order valence-corrected chi connectivity index (χ3v) is 5.88. The van der Waals surface area contributed by atoms with Crippen molar-refractivity contribution in [1.29, 1.82) is 0 Å². The fourth-order valence-corrected chi connectivity index (χ4v) is 4.60. The minimum absolute atomic E-state index is 0.134. The average Bonchev–Trinajstić information content (AvgIpc) is 3.07. The quantitative estimate of drug-likeness (QED) is 0.901. The van der Waals surface area contributed by atoms with Crippen LogP contribution in [0.1, 0.15) is 35.2 Å². The number of carbonyl (C=O) groups is 1. The lowest BCUT2D eigenvalue weighted by Crippen LogP contribution is -2.44. The van der Waals surface area contributed by atoms with Crippen molar-refractivity contribution < 1.29 is 9.18 Å². The molecule has 6 heteroatoms. The molecule has 2 aromatic rings. The highest BCUT2D eigenvalue weighted by Gasteiger charge is 2.42. The number of benzene rings is 1. The number of anilines is 1. The molecule has 0 bridgehead atoms. The summed E-state index contributed by atoms with van der Waals surface area (Å²) >= 11 is 0. The van der Waals surface area contributed by atoms with E-state index in [0.717, 1.165) is 51.0 Å². The first-order valence-electron chi connectivity index (χ1n) is 9.52. The average molecular weight is 368 g/mol. The Morgan fingerprint density at radius 2 is 2.00 bits per heavy atom. The number of nitrogens with zero attached hydrogens (tertiary/aromatic N) is 3. The first kappa shape index (κ1) is 17.9. The van der Waals surface area contributed by atoms with Crippen LogP contribution >= 0.6 is 0 Å². The van der Waals surface area contributed by atoms with Crippen LogP contribution in [0.2, 0.25) is 0 Å². The van der Waals surface area contributed by atoms with Crippen LogP contribution in [0.15, 0.2) is 42.6 Å². The molecule has 1 spiro atoms. The van der Waals surface area contributed by atoms with Crippen molar-refractivity contribution in [1.82, 2.24) is 9.88 Å². The zero-order valence-corrected chi connectivity index (χ0v) is 15.4. The van der Waals surface area contributed by atoms with Crippen LogP contribution < -0.4 is 10.6 Å². The molecule has 0 radical (unpaired) electrons. The highest BCUT2D eigenvalue weighted by atomic mass is 19.1. The molecule has 2 fully saturated rings. The number of carbonyl (C=O) groups excluding carboxylic acids is 1. The van der Waals surface area contributed by atoms with Crippen molar-refractivity contribution in [2.75, 3.05) is 31.1 Å². The van der Waals surface area contributed by atoms with E-state index in [-0.39, 0.29) is 11.2 Å². The highest BCUT2D eigenvalue weighted by molar-refractivity contribution is 5.97. The summed E-state index contributed by atoms with van der Waals surface area (Å²) in [5.41, 5.74) is 6.92. The Morgan fingerprint density at radius 1 is 1.15 bits per heavy atom. The molecule has 1 aromatic carbocycles. The number of hydrogen-bond donors (Lipinski definition) is 1. The molecule has 3 heterocycles. The molecule has 1 atom stereocenters. The largest absolute Gasteiger partial charge is 0.365 e. The Morgan fingerprint density at radius 3 is 2.81 bits per heavy atom. The monoisotopic (exact) mass is 368 g/mol. The normalized spacial score (nSPS) is 23.1. The zero-order chi connectivity index (χ0) is 18.9. The second-order valence-electron chi connectivity index (χ2n) is 7.82. The van der Waals surface area contributed by atoms with E-state index in [9.17, 15) is 9.18 Å². The topological polar surface area (TPSA) is 62.5 Å². The standard InChI is InChI=1S/C21H25FN4O/c22-18-7-2-1-5-16(18)13-25-11-4-8-21(14-25)9-12-26(15-21)20-17(19(23)27)6-3-10-24-20/h1-3,5-7,10H,4,8-9,11-15H2,(H2,23,27)/t21-/m1/s1. The maximum atomic E-state index is 14.0. The summed E-state index contributed by atoms with van der Waals surface area (Å²) in [5, 5.41) is 0. The molecule has 2 saturated heterocycles. The third kappa shape index (κ3) is 3.67. The molecular formula is C21H25FN4O. The predicted octanol–water partition coefficient (Wildman–Crippen LogP) is 2.81. The number of pyridine rings is 1. The van der Waals surface area contributed by atoms with Crippen LogP contribution in [0.4, 0.5) is 10.2 Å². The minimum Gasteiger partial charge on any atom is -0.365 e. The molecule has 1 aromatic heterocycles. The molecule has 5 nitrogen and oxygen atoms in total. The van der Waals surface area contributed by atoms with Crippen LogP contribution in [0.5, 0.6) is 0 Å². The lowest BCUT2D eigenvalue weighted by atomic mass is 9.79. The summed E-state index contributed by atoms with van der Waals surface area (Å²) in [6.45, 7) is 4.30. The molecule has 4 rings (SSSR count). The SMILES string of the molecule is NC(=O)c1cccnc1N1CC[C@@]2(CCCN(Cc3ccccc3F)C2)C1. The number of hydrogen-bond acceptors (Lipinski definition) is 4. The molecule has 1 amide bonds. The van der Waals surface area contributed by atoms with Crippen LogP contribution in [0.3, 0.4) is 0 Å². The molecule has 142 valence electrons. The lowest BCUT2D eigenvalue weighted by Gasteiger charge is -2.40. The van der Waals surface area contributed by atoms with Gasteiger partial charge in [-0.2, -0.15) is 0 Å². The Hall–Kier alpha value is -2.47. The number of primary amides is 1. The summed E-state index contributed by atoms with van der Waals surface area (Å²) in [6, 6.07) is 10.5. The Balaban J connectivity index is 1.48. The van der Waals surface area contributed by atoms with Gasteiger partial charge in [-0.15, -0.1) is 0 Å². The van der Waals surface area contributed by atoms with E-state index < -0.39 is 5.91 Å². The van der Waals surface area contributed by atoms with Gasteiger partial charge in [-0.25, -0.2) is 9.37 Å². The van der Waals surface area contributed by atoms with E-state index in [1.54, 1.807) is 24.4 Å². The first-order valence-corrected chi connectivity index (χ1v) is 9.52. The van der Waals surface area contributed by atoms with E-state index >= 15 is 0 Å². The maximum Gasteiger partial charge on any atom is 0.252 e. The molecule has 0 aliphatic carbocycles. The van der Waals surface area contributed by atoms with Gasteiger partial charge >= 0.3 is 0 Å². The molecular weight excluding hydrogens is 343 g/mol. The summed E-state index contributed by atoms with van der Waals surface area (Å²) in [6.07, 6.45) is 5.01. The van der Waals surface area contributed by atoms with Crippen molar-refractivity contribution in [3.63, 3.8) is 0 Å². The van der Waals surface area contributed by atoms with Crippen LogP contribution in [0, 0.1) is 11.2 Å². The first-order chi connectivity index (χ1) is 13.1. The number of aromatic nitrogens is 1. The Labute approximate surface area is 159 Å². The Kier molecular flexibility index (Phi) is 4.83. The van der Waals surface area contributed by atoms with Gasteiger partial charge in [-0.05, 0) is 44.0 Å². The second kappa shape index (κ2) is 7.27. The van der Waals surface area contributed by atoms with Gasteiger partial charge in [0.15, 0.2) is 0 Å². The van der Waals surface area contributed by atoms with Gasteiger partial charge in [0.2, 0.25) is 0 Å². The van der Waals surface area contributed by atoms with Gasteiger partial charge in [0.1, 0.15) is 11.6 Å². The fourth-order valence-electron chi connectivity index (χ4n) is 4.60. The molecule has 0 unspecified atom stereocenters. The fraction of sp³-hybridized carbons (Fsp3) is 0.429. The molecule has 0 saturated carbocycles. The van der Waals surface area contributed by atoms with Gasteiger partial charge in [-0.3, -0.25) is 9.69 Å². The number of amides is 1. The van der Waals surface area contributed by atoms with Crippen molar-refractivity contribution >= 4 is 11.7 Å². The van der Waals surface area contributed by atoms with E-state index in [1.807, 2.05) is 12.1 Å². The second-order valence-corrected chi connectivity index (χ2v) is 7.82. The van der Waals surface area contributed by atoms with Gasteiger partial charge in [0.25, 0.3) is 5.91 Å². The number of nitrogens with two attached hydrogens (primary N) is 1. The Bertz CT molecular complexity index is 842. The van der Waals surface area contributed by atoms with Gasteiger partial charge < -0.3 is 10.6 Å². The summed E-state index contributed by atoms with van der Waals surface area (Å²) in [7, 11) is 0. The number of rotatable bonds is 4. The zero-order valence-electron chi connectivity index (χ0n) is 15.4. The van der Waals surface area contributed by atoms with Crippen LogP contribution in [-0.2, 0) is 6.54 Å². The summed E-state index contributed by atoms with van der Waals surface area (Å²) in [5.74, 6) is 0.113. The number of piperidine rings is 1. The highest BCUT2D eigenvalue weighted by Crippen LogP contribution is 2.41. The van der Waals surface area contributed by atoms with Crippen molar-refractivity contribution in [2.24, 2.45) is 11.1 Å². The lowest BCUT2D eigenvalue weighted by molar-refractivity contribution is 0.0978. The van der Waals surface area contributed by atoms with E-state index in [0.29, 0.717) is 17.9 Å². The van der Waals surface area contributed by atoms with Crippen molar-refractivity contribution in [3.8, 4) is 0 Å². The van der Waals surface area contributed by atoms with Gasteiger partial charge in [0, 0.05) is 43.4 Å². The van der Waals surface area contributed by atoms with E-state index in [2.05, 4.69) is 14.8 Å². The predicted molar refractivity (Wildman–Crippen MR) is 103 cm³/mol. The van der Waals surface area contributed by atoms with Gasteiger partial charge in [0.05, 0.1) is 5.56 Å². The van der Waals surface area contributed by atoms with Crippen LogP contribution in [-0.4, -0.2) is 42.0 Å². The van der Waals surface area contributed by atoms with E-state index in [1.165, 1.54) is 6.07 Å². The number of likely N-dealkylation sites (tertiary alicyclic amines) is 1. The van der Waals surface area contributed by atoms with Crippen molar-refractivity contribution in [2.45, 2.75) is 25.8 Å². The third-order valence-electron chi connectivity index (χ3n) is 5.88. The molecule has 2 aliphatic heterocycles.